The fraction of sp³-hybridized carbons (Fsp3) is 0.632. The number of likely N-dealkylation sites (N-methyl/N-ethyl adjacent to an activating group) is 1. The van der Waals surface area contributed by atoms with E-state index in [1.54, 1.807) is 18.2 Å². The zero-order valence-corrected chi connectivity index (χ0v) is 15.0. The van der Waals surface area contributed by atoms with Crippen LogP contribution in [0.5, 0.6) is 0 Å². The second-order valence-corrected chi connectivity index (χ2v) is 7.17. The number of carbonyl (C=O) groups is 2. The van der Waals surface area contributed by atoms with Gasteiger partial charge >= 0.3 is 0 Å². The molecule has 0 spiro atoms. The molecular formula is C19H28N4O2. The molecule has 0 unspecified atom stereocenters. The van der Waals surface area contributed by atoms with Gasteiger partial charge in [-0.2, -0.15) is 0 Å². The average molecular weight is 344 g/mol. The van der Waals surface area contributed by atoms with Gasteiger partial charge in [-0.3, -0.25) is 9.59 Å². The highest BCUT2D eigenvalue weighted by Gasteiger charge is 2.23. The monoisotopic (exact) mass is 344 g/mol. The second kappa shape index (κ2) is 8.43. The molecule has 0 radical (unpaired) electrons. The van der Waals surface area contributed by atoms with Gasteiger partial charge < -0.3 is 15.1 Å². The summed E-state index contributed by atoms with van der Waals surface area (Å²) in [5.74, 6) is -0.253. The first-order valence-electron chi connectivity index (χ1n) is 9.39. The van der Waals surface area contributed by atoms with Crippen molar-refractivity contribution in [2.24, 2.45) is 0 Å². The van der Waals surface area contributed by atoms with Crippen LogP contribution in [0.2, 0.25) is 0 Å². The Balaban J connectivity index is 1.64. The maximum atomic E-state index is 12.6. The number of aromatic nitrogens is 1. The van der Waals surface area contributed by atoms with Gasteiger partial charge in [0.1, 0.15) is 11.4 Å². The molecule has 6 nitrogen and oxygen atoms in total. The first-order valence-corrected chi connectivity index (χ1v) is 9.39. The summed E-state index contributed by atoms with van der Waals surface area (Å²) < 4.78 is 0. The topological polar surface area (TPSA) is 65.5 Å². The number of piperazine rings is 1. The van der Waals surface area contributed by atoms with Gasteiger partial charge in [0.15, 0.2) is 0 Å². The van der Waals surface area contributed by atoms with Gasteiger partial charge in [-0.05, 0) is 32.0 Å². The van der Waals surface area contributed by atoms with Gasteiger partial charge in [-0.15, -0.1) is 0 Å². The lowest BCUT2D eigenvalue weighted by Gasteiger charge is -2.32. The molecule has 136 valence electrons. The van der Waals surface area contributed by atoms with E-state index in [0.29, 0.717) is 24.5 Å². The molecular weight excluding hydrogens is 316 g/mol. The zero-order valence-electron chi connectivity index (χ0n) is 15.0. The molecule has 1 saturated heterocycles. The van der Waals surface area contributed by atoms with Crippen molar-refractivity contribution in [3.05, 3.63) is 29.6 Å². The molecule has 2 aliphatic rings. The van der Waals surface area contributed by atoms with E-state index in [2.05, 4.69) is 22.2 Å². The van der Waals surface area contributed by atoms with Crippen LogP contribution in [0.3, 0.4) is 0 Å². The number of pyridine rings is 1. The van der Waals surface area contributed by atoms with Gasteiger partial charge in [-0.1, -0.05) is 31.7 Å². The Bertz CT molecular complexity index is 603. The number of amides is 2. The molecule has 1 aromatic heterocycles. The summed E-state index contributed by atoms with van der Waals surface area (Å²) in [7, 11) is 2.05. The van der Waals surface area contributed by atoms with Crippen molar-refractivity contribution in [2.75, 3.05) is 33.2 Å². The molecule has 0 atom stereocenters. The summed E-state index contributed by atoms with van der Waals surface area (Å²) in [5.41, 5.74) is 0.697. The van der Waals surface area contributed by atoms with Crippen LogP contribution in [0.15, 0.2) is 18.2 Å². The van der Waals surface area contributed by atoms with E-state index < -0.39 is 0 Å². The Morgan fingerprint density at radius 3 is 2.32 bits per heavy atom. The van der Waals surface area contributed by atoms with Crippen LogP contribution in [-0.2, 0) is 0 Å². The Kier molecular flexibility index (Phi) is 6.02. The molecule has 3 rings (SSSR count). The molecule has 1 N–H and O–H groups in total. The third-order valence-electron chi connectivity index (χ3n) is 5.18. The van der Waals surface area contributed by atoms with Gasteiger partial charge in [0.05, 0.1) is 0 Å². The number of hydrogen-bond donors (Lipinski definition) is 1. The van der Waals surface area contributed by atoms with Crippen LogP contribution < -0.4 is 5.32 Å². The predicted octanol–water partition coefficient (Wildman–Crippen LogP) is 1.92. The van der Waals surface area contributed by atoms with E-state index in [9.17, 15) is 9.59 Å². The van der Waals surface area contributed by atoms with E-state index in [1.165, 1.54) is 25.7 Å². The third kappa shape index (κ3) is 4.78. The average Bonchev–Trinajstić information content (AvgIpc) is 2.90. The second-order valence-electron chi connectivity index (χ2n) is 7.17. The van der Waals surface area contributed by atoms with Crippen LogP contribution >= 0.6 is 0 Å². The van der Waals surface area contributed by atoms with E-state index in [1.807, 2.05) is 4.90 Å². The Morgan fingerprint density at radius 2 is 1.64 bits per heavy atom. The lowest BCUT2D eigenvalue weighted by molar-refractivity contribution is 0.0658. The number of hydrogen-bond acceptors (Lipinski definition) is 4. The highest BCUT2D eigenvalue weighted by molar-refractivity contribution is 5.96. The van der Waals surface area contributed by atoms with Crippen LogP contribution in [0.4, 0.5) is 0 Å². The minimum absolute atomic E-state index is 0.0859. The Labute approximate surface area is 149 Å². The molecule has 6 heteroatoms. The first kappa shape index (κ1) is 17.9. The van der Waals surface area contributed by atoms with E-state index in [0.717, 1.165) is 25.9 Å². The third-order valence-corrected chi connectivity index (χ3v) is 5.18. The molecule has 0 bridgehead atoms. The summed E-state index contributed by atoms with van der Waals surface area (Å²) >= 11 is 0. The van der Waals surface area contributed by atoms with E-state index in [-0.39, 0.29) is 17.9 Å². The maximum Gasteiger partial charge on any atom is 0.272 e. The number of nitrogens with zero attached hydrogens (tertiary/aromatic N) is 3. The van der Waals surface area contributed by atoms with E-state index in [4.69, 9.17) is 0 Å². The van der Waals surface area contributed by atoms with Gasteiger partial charge in [0.2, 0.25) is 0 Å². The molecule has 1 aliphatic heterocycles. The standard InChI is InChI=1S/C19H28N4O2/c1-22-11-13-23(14-12-22)19(25)17-10-6-9-16(21-17)18(24)20-15-7-4-2-3-5-8-15/h6,9-10,15H,2-5,7-8,11-14H2,1H3,(H,20,24). The normalized spacial score (nSPS) is 20.1. The van der Waals surface area contributed by atoms with Crippen molar-refractivity contribution in [2.45, 2.75) is 44.6 Å². The molecule has 2 heterocycles. The molecule has 25 heavy (non-hydrogen) atoms. The molecule has 1 aromatic rings. The number of rotatable bonds is 3. The van der Waals surface area contributed by atoms with Gasteiger partial charge in [0.25, 0.3) is 11.8 Å². The molecule has 2 fully saturated rings. The van der Waals surface area contributed by atoms with Crippen molar-refractivity contribution in [1.29, 1.82) is 0 Å². The Morgan fingerprint density at radius 1 is 1.00 bits per heavy atom. The maximum absolute atomic E-state index is 12.6. The SMILES string of the molecule is CN1CCN(C(=O)c2cccc(C(=O)NC3CCCCCC3)n2)CC1. The van der Waals surface area contributed by atoms with Crippen molar-refractivity contribution in [1.82, 2.24) is 20.1 Å². The summed E-state index contributed by atoms with van der Waals surface area (Å²) in [5, 5.41) is 3.09. The first-order chi connectivity index (χ1) is 12.1. The van der Waals surface area contributed by atoms with Crippen LogP contribution in [0.1, 0.15) is 59.5 Å². The minimum atomic E-state index is -0.167. The van der Waals surface area contributed by atoms with Crippen LogP contribution in [0, 0.1) is 0 Å². The van der Waals surface area contributed by atoms with Crippen molar-refractivity contribution in [3.8, 4) is 0 Å². The summed E-state index contributed by atoms with van der Waals surface area (Å²) in [6.45, 7) is 3.15. The predicted molar refractivity (Wildman–Crippen MR) is 96.6 cm³/mol. The van der Waals surface area contributed by atoms with E-state index >= 15 is 0 Å². The highest BCUT2D eigenvalue weighted by Crippen LogP contribution is 2.17. The smallest absolute Gasteiger partial charge is 0.272 e. The molecule has 1 aliphatic carbocycles. The summed E-state index contributed by atoms with van der Waals surface area (Å²) in [4.78, 5) is 33.5. The highest BCUT2D eigenvalue weighted by atomic mass is 16.2. The van der Waals surface area contributed by atoms with Crippen molar-refractivity contribution >= 4 is 11.8 Å². The Hall–Kier alpha value is -1.95. The fourth-order valence-electron chi connectivity index (χ4n) is 3.53. The largest absolute Gasteiger partial charge is 0.348 e. The van der Waals surface area contributed by atoms with Gasteiger partial charge in [0, 0.05) is 32.2 Å². The lowest BCUT2D eigenvalue weighted by atomic mass is 10.1. The molecule has 1 saturated carbocycles. The summed E-state index contributed by atoms with van der Waals surface area (Å²) in [6, 6.07) is 5.36. The zero-order chi connectivity index (χ0) is 17.6. The van der Waals surface area contributed by atoms with Gasteiger partial charge in [-0.25, -0.2) is 4.98 Å². The minimum Gasteiger partial charge on any atom is -0.348 e. The summed E-state index contributed by atoms with van der Waals surface area (Å²) in [6.07, 6.45) is 6.90. The number of carbonyl (C=O) groups excluding carboxylic acids is 2. The quantitative estimate of drug-likeness (QED) is 0.851. The lowest BCUT2D eigenvalue weighted by Crippen LogP contribution is -2.47. The van der Waals surface area contributed by atoms with Crippen molar-refractivity contribution in [3.63, 3.8) is 0 Å². The van der Waals surface area contributed by atoms with Crippen LogP contribution in [0.25, 0.3) is 0 Å². The van der Waals surface area contributed by atoms with Crippen molar-refractivity contribution < 1.29 is 9.59 Å². The fourth-order valence-corrected chi connectivity index (χ4v) is 3.53. The molecule has 0 aromatic carbocycles. The molecule has 2 amide bonds. The van der Waals surface area contributed by atoms with Crippen LogP contribution in [-0.4, -0.2) is 65.9 Å². The number of nitrogens with one attached hydrogen (secondary N) is 1.